The lowest BCUT2D eigenvalue weighted by Crippen LogP contribution is -2.21. The summed E-state index contributed by atoms with van der Waals surface area (Å²) in [6.07, 6.45) is 0. The lowest BCUT2D eigenvalue weighted by Gasteiger charge is -2.19. The number of methoxy groups -OCH3 is 1. The summed E-state index contributed by atoms with van der Waals surface area (Å²) in [6.45, 7) is 2.92. The maximum absolute atomic E-state index is 6.35. The fraction of sp³-hybridized carbons (Fsp3) is 0.286. The molecule has 0 fully saturated rings. The Morgan fingerprint density at radius 2 is 2.11 bits per heavy atom. The Balaban J connectivity index is 2.45. The largest absolute Gasteiger partial charge is 0.495 e. The van der Waals surface area contributed by atoms with Gasteiger partial charge in [-0.2, -0.15) is 0 Å². The highest BCUT2D eigenvalue weighted by Crippen LogP contribution is 2.37. The lowest BCUT2D eigenvalue weighted by atomic mass is 10.0. The van der Waals surface area contributed by atoms with Crippen LogP contribution in [0.3, 0.4) is 0 Å². The van der Waals surface area contributed by atoms with E-state index in [-0.39, 0.29) is 6.04 Å². The molecule has 1 unspecified atom stereocenters. The quantitative estimate of drug-likeness (QED) is 0.858. The first-order chi connectivity index (χ1) is 9.17. The molecule has 0 aliphatic carbocycles. The maximum atomic E-state index is 6.35. The smallest absolute Gasteiger partial charge is 0.138 e. The van der Waals surface area contributed by atoms with Crippen LogP contribution in [-0.4, -0.2) is 13.7 Å². The standard InChI is InChI=1S/C14H15Cl2NOS/c1-3-17-14(13-5-4-6-19-13)9-7-11(16)12(18-2)8-10(9)15/h4-8,14,17H,3H2,1-2H3. The molecule has 0 amide bonds. The molecular weight excluding hydrogens is 301 g/mol. The minimum Gasteiger partial charge on any atom is -0.495 e. The number of rotatable bonds is 5. The zero-order valence-electron chi connectivity index (χ0n) is 10.7. The Hall–Kier alpha value is -0.740. The van der Waals surface area contributed by atoms with E-state index in [9.17, 15) is 0 Å². The van der Waals surface area contributed by atoms with Crippen molar-refractivity contribution < 1.29 is 4.74 Å². The van der Waals surface area contributed by atoms with Crippen molar-refractivity contribution in [1.82, 2.24) is 5.32 Å². The molecule has 0 bridgehead atoms. The summed E-state index contributed by atoms with van der Waals surface area (Å²) in [6, 6.07) is 7.81. The monoisotopic (exact) mass is 315 g/mol. The van der Waals surface area contributed by atoms with Gasteiger partial charge < -0.3 is 10.1 Å². The summed E-state index contributed by atoms with van der Waals surface area (Å²) < 4.78 is 5.18. The highest BCUT2D eigenvalue weighted by atomic mass is 35.5. The summed E-state index contributed by atoms with van der Waals surface area (Å²) in [5.74, 6) is 0.594. The predicted molar refractivity (Wildman–Crippen MR) is 82.9 cm³/mol. The number of nitrogens with one attached hydrogen (secondary N) is 1. The van der Waals surface area contributed by atoms with Crippen LogP contribution in [0.25, 0.3) is 0 Å². The highest BCUT2D eigenvalue weighted by Gasteiger charge is 2.19. The topological polar surface area (TPSA) is 21.3 Å². The Labute approximate surface area is 127 Å². The lowest BCUT2D eigenvalue weighted by molar-refractivity contribution is 0.414. The number of halogens is 2. The molecule has 1 aromatic carbocycles. The van der Waals surface area contributed by atoms with Crippen LogP contribution in [0.1, 0.15) is 23.4 Å². The third-order valence-electron chi connectivity index (χ3n) is 2.82. The molecule has 19 heavy (non-hydrogen) atoms. The average Bonchev–Trinajstić information content (AvgIpc) is 2.92. The molecule has 1 heterocycles. The van der Waals surface area contributed by atoms with Gasteiger partial charge in [-0.1, -0.05) is 36.2 Å². The number of hydrogen-bond acceptors (Lipinski definition) is 3. The highest BCUT2D eigenvalue weighted by molar-refractivity contribution is 7.10. The molecule has 0 radical (unpaired) electrons. The second-order valence-corrected chi connectivity index (χ2v) is 5.81. The molecule has 0 aliphatic heterocycles. The van der Waals surface area contributed by atoms with E-state index in [0.717, 1.165) is 12.1 Å². The molecule has 0 spiro atoms. The minimum absolute atomic E-state index is 0.0564. The molecule has 2 nitrogen and oxygen atoms in total. The number of ether oxygens (including phenoxy) is 1. The van der Waals surface area contributed by atoms with E-state index in [4.69, 9.17) is 27.9 Å². The van der Waals surface area contributed by atoms with Crippen molar-refractivity contribution in [3.63, 3.8) is 0 Å². The van der Waals surface area contributed by atoms with E-state index in [1.54, 1.807) is 24.5 Å². The van der Waals surface area contributed by atoms with Crippen molar-refractivity contribution >= 4 is 34.5 Å². The van der Waals surface area contributed by atoms with E-state index in [1.165, 1.54) is 4.88 Å². The van der Waals surface area contributed by atoms with Crippen molar-refractivity contribution in [2.24, 2.45) is 0 Å². The first-order valence-corrected chi connectivity index (χ1v) is 7.60. The summed E-state index contributed by atoms with van der Waals surface area (Å²) in [7, 11) is 1.58. The van der Waals surface area contributed by atoms with Crippen LogP contribution in [0, 0.1) is 0 Å². The van der Waals surface area contributed by atoms with Gasteiger partial charge in [0.25, 0.3) is 0 Å². The van der Waals surface area contributed by atoms with Crippen LogP contribution < -0.4 is 10.1 Å². The third-order valence-corrected chi connectivity index (χ3v) is 4.38. The van der Waals surface area contributed by atoms with E-state index in [0.29, 0.717) is 15.8 Å². The normalized spacial score (nSPS) is 12.4. The van der Waals surface area contributed by atoms with Gasteiger partial charge in [0.2, 0.25) is 0 Å². The number of benzene rings is 1. The van der Waals surface area contributed by atoms with Crippen molar-refractivity contribution in [1.29, 1.82) is 0 Å². The van der Waals surface area contributed by atoms with Gasteiger partial charge in [-0.25, -0.2) is 0 Å². The molecule has 0 saturated carbocycles. The van der Waals surface area contributed by atoms with Crippen LogP contribution in [-0.2, 0) is 0 Å². The van der Waals surface area contributed by atoms with E-state index >= 15 is 0 Å². The Morgan fingerprint density at radius 3 is 2.68 bits per heavy atom. The first kappa shape index (κ1) is 14.7. The van der Waals surface area contributed by atoms with Crippen LogP contribution in [0.15, 0.2) is 29.6 Å². The second kappa shape index (κ2) is 6.62. The predicted octanol–water partition coefficient (Wildman–Crippen LogP) is 4.76. The van der Waals surface area contributed by atoms with Crippen molar-refractivity contribution in [3.8, 4) is 5.75 Å². The first-order valence-electron chi connectivity index (χ1n) is 5.97. The summed E-state index contributed by atoms with van der Waals surface area (Å²) >= 11 is 14.2. The molecule has 0 saturated heterocycles. The van der Waals surface area contributed by atoms with Crippen LogP contribution >= 0.6 is 34.5 Å². The zero-order valence-corrected chi connectivity index (χ0v) is 13.1. The fourth-order valence-corrected chi connectivity index (χ4v) is 3.27. The Morgan fingerprint density at radius 1 is 1.32 bits per heavy atom. The molecule has 0 aliphatic rings. The van der Waals surface area contributed by atoms with Gasteiger partial charge in [0.1, 0.15) is 5.75 Å². The van der Waals surface area contributed by atoms with Crippen molar-refractivity contribution in [2.75, 3.05) is 13.7 Å². The Kier molecular flexibility index (Phi) is 5.11. The molecule has 1 atom stereocenters. The van der Waals surface area contributed by atoms with E-state index in [1.807, 2.05) is 12.1 Å². The van der Waals surface area contributed by atoms with Crippen LogP contribution in [0.4, 0.5) is 0 Å². The summed E-state index contributed by atoms with van der Waals surface area (Å²) in [5, 5.41) is 6.71. The molecule has 102 valence electrons. The molecular formula is C14H15Cl2NOS. The van der Waals surface area contributed by atoms with Gasteiger partial charge in [-0.05, 0) is 29.6 Å². The van der Waals surface area contributed by atoms with Crippen molar-refractivity contribution in [3.05, 3.63) is 50.1 Å². The molecule has 1 aromatic heterocycles. The fourth-order valence-electron chi connectivity index (χ4n) is 1.95. The van der Waals surface area contributed by atoms with Crippen LogP contribution in [0.5, 0.6) is 5.75 Å². The van der Waals surface area contributed by atoms with Crippen molar-refractivity contribution in [2.45, 2.75) is 13.0 Å². The van der Waals surface area contributed by atoms with Gasteiger partial charge in [0.15, 0.2) is 0 Å². The summed E-state index contributed by atoms with van der Waals surface area (Å²) in [5.41, 5.74) is 0.969. The third kappa shape index (κ3) is 3.23. The Bertz CT molecular complexity index is 543. The van der Waals surface area contributed by atoms with E-state index in [2.05, 4.69) is 23.7 Å². The average molecular weight is 316 g/mol. The SMILES string of the molecule is CCNC(c1cccs1)c1cc(Cl)c(OC)cc1Cl. The molecule has 2 rings (SSSR count). The summed E-state index contributed by atoms with van der Waals surface area (Å²) in [4.78, 5) is 1.21. The van der Waals surface area contributed by atoms with Gasteiger partial charge in [-0.15, -0.1) is 11.3 Å². The van der Waals surface area contributed by atoms with Crippen LogP contribution in [0.2, 0.25) is 10.0 Å². The minimum atomic E-state index is 0.0564. The molecule has 2 aromatic rings. The van der Waals surface area contributed by atoms with Gasteiger partial charge in [0, 0.05) is 16.0 Å². The maximum Gasteiger partial charge on any atom is 0.138 e. The molecule has 1 N–H and O–H groups in total. The van der Waals surface area contributed by atoms with Gasteiger partial charge >= 0.3 is 0 Å². The zero-order chi connectivity index (χ0) is 13.8. The number of thiophene rings is 1. The second-order valence-electron chi connectivity index (χ2n) is 4.01. The van der Waals surface area contributed by atoms with E-state index < -0.39 is 0 Å². The van der Waals surface area contributed by atoms with Gasteiger partial charge in [-0.3, -0.25) is 0 Å². The molecule has 5 heteroatoms. The number of hydrogen-bond donors (Lipinski definition) is 1. The van der Waals surface area contributed by atoms with Gasteiger partial charge in [0.05, 0.1) is 18.2 Å².